The summed E-state index contributed by atoms with van der Waals surface area (Å²) >= 11 is 0. The minimum atomic E-state index is 0.551. The number of nitrogens with one attached hydrogen (secondary N) is 1. The van der Waals surface area contributed by atoms with Crippen LogP contribution in [0.15, 0.2) is 6.20 Å². The molecule has 1 aromatic heterocycles. The summed E-state index contributed by atoms with van der Waals surface area (Å²) in [5.41, 5.74) is 2.54. The summed E-state index contributed by atoms with van der Waals surface area (Å²) in [4.78, 5) is 0. The number of hydrogen-bond donors (Lipinski definition) is 1. The van der Waals surface area contributed by atoms with Gasteiger partial charge in [0, 0.05) is 30.9 Å². The third kappa shape index (κ3) is 2.58. The fourth-order valence-electron chi connectivity index (χ4n) is 1.22. The zero-order chi connectivity index (χ0) is 10.7. The molecule has 0 radical (unpaired) electrons. The first-order valence-corrected chi connectivity index (χ1v) is 5.23. The topological polar surface area (TPSA) is 29.9 Å². The molecule has 0 aromatic carbocycles. The van der Waals surface area contributed by atoms with Gasteiger partial charge in [0.1, 0.15) is 0 Å². The standard InChI is InChI=1S/C11H21N3/c1-8(2)9(3)12-6-11-7-13-14(5)10(11)4/h7-9,12H,6H2,1-5H3. The van der Waals surface area contributed by atoms with Crippen LogP contribution in [0, 0.1) is 12.8 Å². The molecule has 0 bridgehead atoms. The molecule has 1 atom stereocenters. The minimum Gasteiger partial charge on any atom is -0.310 e. The molecule has 0 saturated carbocycles. The van der Waals surface area contributed by atoms with Gasteiger partial charge < -0.3 is 5.32 Å². The maximum atomic E-state index is 4.22. The van der Waals surface area contributed by atoms with Gasteiger partial charge in [-0.3, -0.25) is 4.68 Å². The van der Waals surface area contributed by atoms with Gasteiger partial charge in [0.15, 0.2) is 0 Å². The Morgan fingerprint density at radius 3 is 2.50 bits per heavy atom. The number of aryl methyl sites for hydroxylation is 1. The lowest BCUT2D eigenvalue weighted by Gasteiger charge is -2.17. The van der Waals surface area contributed by atoms with Crippen molar-refractivity contribution in [3.05, 3.63) is 17.5 Å². The minimum absolute atomic E-state index is 0.551. The van der Waals surface area contributed by atoms with Crippen LogP contribution in [0.5, 0.6) is 0 Å². The highest BCUT2D eigenvalue weighted by Crippen LogP contribution is 2.07. The van der Waals surface area contributed by atoms with Crippen LogP contribution in [0.25, 0.3) is 0 Å². The predicted octanol–water partition coefficient (Wildman–Crippen LogP) is 1.86. The highest BCUT2D eigenvalue weighted by atomic mass is 15.3. The van der Waals surface area contributed by atoms with Gasteiger partial charge in [0.25, 0.3) is 0 Å². The van der Waals surface area contributed by atoms with Gasteiger partial charge in [0.2, 0.25) is 0 Å². The Labute approximate surface area is 86.5 Å². The Hall–Kier alpha value is -0.830. The molecule has 3 heteroatoms. The summed E-state index contributed by atoms with van der Waals surface area (Å²) in [6.45, 7) is 9.70. The highest BCUT2D eigenvalue weighted by molar-refractivity contribution is 5.15. The normalized spacial score (nSPS) is 13.6. The third-order valence-electron chi connectivity index (χ3n) is 2.95. The molecule has 0 aliphatic carbocycles. The SMILES string of the molecule is Cc1c(CNC(C)C(C)C)cnn1C. The molecule has 1 heterocycles. The second kappa shape index (κ2) is 4.60. The summed E-state index contributed by atoms with van der Waals surface area (Å²) in [5, 5.41) is 7.71. The van der Waals surface area contributed by atoms with Crippen LogP contribution in [0.3, 0.4) is 0 Å². The van der Waals surface area contributed by atoms with Crippen molar-refractivity contribution >= 4 is 0 Å². The van der Waals surface area contributed by atoms with E-state index in [-0.39, 0.29) is 0 Å². The predicted molar refractivity (Wildman–Crippen MR) is 59.1 cm³/mol. The second-order valence-electron chi connectivity index (χ2n) is 4.29. The van der Waals surface area contributed by atoms with Crippen molar-refractivity contribution in [2.45, 2.75) is 40.3 Å². The largest absolute Gasteiger partial charge is 0.310 e. The number of rotatable bonds is 4. The van der Waals surface area contributed by atoms with Crippen LogP contribution in [0.1, 0.15) is 32.0 Å². The maximum absolute atomic E-state index is 4.22. The molecule has 14 heavy (non-hydrogen) atoms. The lowest BCUT2D eigenvalue weighted by atomic mass is 10.1. The van der Waals surface area contributed by atoms with Crippen molar-refractivity contribution in [1.82, 2.24) is 15.1 Å². The van der Waals surface area contributed by atoms with Crippen molar-refractivity contribution < 1.29 is 0 Å². The van der Waals surface area contributed by atoms with Crippen molar-refractivity contribution in [2.75, 3.05) is 0 Å². The van der Waals surface area contributed by atoms with E-state index < -0.39 is 0 Å². The second-order valence-corrected chi connectivity index (χ2v) is 4.29. The summed E-state index contributed by atoms with van der Waals surface area (Å²) in [5.74, 6) is 0.673. The van der Waals surface area contributed by atoms with Gasteiger partial charge in [0.05, 0.1) is 6.20 Å². The molecule has 0 aliphatic rings. The molecule has 0 amide bonds. The average Bonchev–Trinajstić information content (AvgIpc) is 2.44. The van der Waals surface area contributed by atoms with Gasteiger partial charge in [-0.1, -0.05) is 13.8 Å². The van der Waals surface area contributed by atoms with Gasteiger partial charge in [-0.15, -0.1) is 0 Å². The molecule has 0 aliphatic heterocycles. The molecule has 0 saturated heterocycles. The molecular weight excluding hydrogens is 174 g/mol. The Kier molecular flexibility index (Phi) is 3.69. The zero-order valence-corrected chi connectivity index (χ0v) is 9.83. The first-order chi connectivity index (χ1) is 6.52. The van der Waals surface area contributed by atoms with Crippen molar-refractivity contribution in [3.8, 4) is 0 Å². The molecule has 1 unspecified atom stereocenters. The van der Waals surface area contributed by atoms with E-state index in [2.05, 4.69) is 38.1 Å². The summed E-state index contributed by atoms with van der Waals surface area (Å²) < 4.78 is 1.91. The van der Waals surface area contributed by atoms with Gasteiger partial charge in [-0.05, 0) is 19.8 Å². The molecule has 3 nitrogen and oxygen atoms in total. The highest BCUT2D eigenvalue weighted by Gasteiger charge is 2.08. The first-order valence-electron chi connectivity index (χ1n) is 5.23. The van der Waals surface area contributed by atoms with E-state index in [1.165, 1.54) is 11.3 Å². The number of nitrogens with zero attached hydrogens (tertiary/aromatic N) is 2. The first kappa shape index (κ1) is 11.2. The molecule has 0 fully saturated rings. The fourth-order valence-corrected chi connectivity index (χ4v) is 1.22. The van der Waals surface area contributed by atoms with Gasteiger partial charge in [-0.25, -0.2) is 0 Å². The molecule has 1 N–H and O–H groups in total. The third-order valence-corrected chi connectivity index (χ3v) is 2.95. The van der Waals surface area contributed by atoms with E-state index in [1.54, 1.807) is 0 Å². The Morgan fingerprint density at radius 2 is 2.07 bits per heavy atom. The zero-order valence-electron chi connectivity index (χ0n) is 9.83. The van der Waals surface area contributed by atoms with E-state index in [0.717, 1.165) is 6.54 Å². The van der Waals surface area contributed by atoms with Crippen LogP contribution in [-0.4, -0.2) is 15.8 Å². The molecule has 1 rings (SSSR count). The van der Waals surface area contributed by atoms with E-state index in [4.69, 9.17) is 0 Å². The van der Waals surface area contributed by atoms with E-state index in [1.807, 2.05) is 17.9 Å². The molecule has 80 valence electrons. The van der Waals surface area contributed by atoms with Crippen LogP contribution in [-0.2, 0) is 13.6 Å². The van der Waals surface area contributed by atoms with Crippen LogP contribution >= 0.6 is 0 Å². The Bertz CT molecular complexity index is 289. The quantitative estimate of drug-likeness (QED) is 0.794. The smallest absolute Gasteiger partial charge is 0.0537 e. The molecular formula is C11H21N3. The number of aromatic nitrogens is 2. The Morgan fingerprint density at radius 1 is 1.43 bits per heavy atom. The van der Waals surface area contributed by atoms with E-state index >= 15 is 0 Å². The summed E-state index contributed by atoms with van der Waals surface area (Å²) in [7, 11) is 1.98. The van der Waals surface area contributed by atoms with Crippen molar-refractivity contribution in [2.24, 2.45) is 13.0 Å². The molecule has 0 spiro atoms. The van der Waals surface area contributed by atoms with Crippen molar-refractivity contribution in [1.29, 1.82) is 0 Å². The van der Waals surface area contributed by atoms with Gasteiger partial charge in [-0.2, -0.15) is 5.10 Å². The van der Waals surface area contributed by atoms with Crippen LogP contribution in [0.2, 0.25) is 0 Å². The number of hydrogen-bond acceptors (Lipinski definition) is 2. The average molecular weight is 195 g/mol. The lowest BCUT2D eigenvalue weighted by molar-refractivity contribution is 0.425. The maximum Gasteiger partial charge on any atom is 0.0537 e. The van der Waals surface area contributed by atoms with E-state index in [0.29, 0.717) is 12.0 Å². The van der Waals surface area contributed by atoms with Gasteiger partial charge >= 0.3 is 0 Å². The lowest BCUT2D eigenvalue weighted by Crippen LogP contribution is -2.30. The van der Waals surface area contributed by atoms with E-state index in [9.17, 15) is 0 Å². The Balaban J connectivity index is 2.50. The van der Waals surface area contributed by atoms with Crippen LogP contribution in [0.4, 0.5) is 0 Å². The fraction of sp³-hybridized carbons (Fsp3) is 0.727. The monoisotopic (exact) mass is 195 g/mol. The molecule has 1 aromatic rings. The van der Waals surface area contributed by atoms with Crippen molar-refractivity contribution in [3.63, 3.8) is 0 Å². The van der Waals surface area contributed by atoms with Crippen LogP contribution < -0.4 is 5.32 Å². The summed E-state index contributed by atoms with van der Waals surface area (Å²) in [6.07, 6.45) is 1.94. The summed E-state index contributed by atoms with van der Waals surface area (Å²) in [6, 6.07) is 0.551.